The zero-order valence-electron chi connectivity index (χ0n) is 20.5. The number of carbonyl (C=O) groups is 1. The van der Waals surface area contributed by atoms with Crippen molar-refractivity contribution in [3.63, 3.8) is 0 Å². The van der Waals surface area contributed by atoms with Gasteiger partial charge in [0, 0.05) is 42.3 Å². The van der Waals surface area contributed by atoms with Crippen LogP contribution in [-0.2, 0) is 20.9 Å². The van der Waals surface area contributed by atoms with E-state index in [0.29, 0.717) is 30.1 Å². The molecule has 3 fully saturated rings. The molecule has 1 N–H and O–H groups in total. The fourth-order valence-corrected chi connectivity index (χ4v) is 4.75. The lowest BCUT2D eigenvalue weighted by molar-refractivity contribution is -0.164. The fraction of sp³-hybridized carbons (Fsp3) is 0.556. The highest BCUT2D eigenvalue weighted by atomic mass is 19.1. The summed E-state index contributed by atoms with van der Waals surface area (Å²) in [6.45, 7) is 0.805. The van der Waals surface area contributed by atoms with E-state index < -0.39 is 17.4 Å². The number of aromatic nitrogens is 1. The maximum Gasteiger partial charge on any atom is 0.348 e. The van der Waals surface area contributed by atoms with Crippen molar-refractivity contribution in [2.75, 3.05) is 20.3 Å². The lowest BCUT2D eigenvalue weighted by Crippen LogP contribution is -2.49. The van der Waals surface area contributed by atoms with Crippen molar-refractivity contribution >= 4 is 5.97 Å². The summed E-state index contributed by atoms with van der Waals surface area (Å²) in [6.07, 6.45) is 8.11. The van der Waals surface area contributed by atoms with Gasteiger partial charge in [0.05, 0.1) is 39.1 Å². The highest BCUT2D eigenvalue weighted by Crippen LogP contribution is 2.39. The van der Waals surface area contributed by atoms with Crippen LogP contribution in [0.1, 0.15) is 56.9 Å². The molecule has 1 aromatic carbocycles. The molecule has 0 radical (unpaired) electrons. The maximum atomic E-state index is 15.7. The molecule has 194 valence electrons. The number of carboxylic acids is 1. The van der Waals surface area contributed by atoms with Gasteiger partial charge in [-0.05, 0) is 37.3 Å². The first-order valence-corrected chi connectivity index (χ1v) is 12.6. The molecule has 9 heteroatoms. The van der Waals surface area contributed by atoms with Crippen LogP contribution in [0.2, 0.25) is 0 Å². The third-order valence-corrected chi connectivity index (χ3v) is 7.09. The number of ether oxygens (including phenoxy) is 5. The molecule has 0 amide bonds. The zero-order chi connectivity index (χ0) is 25.1. The Morgan fingerprint density at radius 3 is 2.53 bits per heavy atom. The van der Waals surface area contributed by atoms with Crippen molar-refractivity contribution in [3.05, 3.63) is 35.8 Å². The number of aliphatic carboxylic acids is 1. The summed E-state index contributed by atoms with van der Waals surface area (Å²) < 4.78 is 44.3. The van der Waals surface area contributed by atoms with Crippen LogP contribution in [0.5, 0.6) is 17.4 Å². The van der Waals surface area contributed by atoms with E-state index in [1.807, 2.05) is 0 Å². The summed E-state index contributed by atoms with van der Waals surface area (Å²) >= 11 is 0. The van der Waals surface area contributed by atoms with Crippen molar-refractivity contribution < 1.29 is 38.0 Å². The SMILES string of the molecule is COc1cc(OC2CC2)c(F)c(-c2cnc(OC3(C(=O)O)CCOCC3)cc2COC2CCCC2)c1. The molecule has 0 atom stereocenters. The lowest BCUT2D eigenvalue weighted by atomic mass is 9.94. The summed E-state index contributed by atoms with van der Waals surface area (Å²) in [5.41, 5.74) is 0.0499. The molecule has 2 aliphatic carbocycles. The van der Waals surface area contributed by atoms with Gasteiger partial charge in [0.1, 0.15) is 5.75 Å². The minimum atomic E-state index is -1.41. The number of halogens is 1. The van der Waals surface area contributed by atoms with Crippen molar-refractivity contribution in [1.29, 1.82) is 0 Å². The Hall–Kier alpha value is -2.91. The van der Waals surface area contributed by atoms with Gasteiger partial charge in [-0.1, -0.05) is 12.8 Å². The molecule has 8 nitrogen and oxygen atoms in total. The Bertz CT molecular complexity index is 1090. The molecule has 2 aromatic rings. The number of nitrogens with zero attached hydrogens (tertiary/aromatic N) is 1. The molecule has 0 bridgehead atoms. The van der Waals surface area contributed by atoms with Gasteiger partial charge < -0.3 is 28.8 Å². The van der Waals surface area contributed by atoms with Gasteiger partial charge >= 0.3 is 5.97 Å². The van der Waals surface area contributed by atoms with Crippen molar-refractivity contribution in [3.8, 4) is 28.5 Å². The normalized spacial score (nSPS) is 19.7. The van der Waals surface area contributed by atoms with Gasteiger partial charge in [-0.2, -0.15) is 0 Å². The highest BCUT2D eigenvalue weighted by Gasteiger charge is 2.43. The van der Waals surface area contributed by atoms with Gasteiger partial charge in [0.2, 0.25) is 11.5 Å². The summed E-state index contributed by atoms with van der Waals surface area (Å²) in [5.74, 6) is -0.780. The quantitative estimate of drug-likeness (QED) is 0.491. The van der Waals surface area contributed by atoms with E-state index in [2.05, 4.69) is 4.98 Å². The summed E-state index contributed by atoms with van der Waals surface area (Å²) in [7, 11) is 1.52. The molecule has 2 saturated carbocycles. The smallest absolute Gasteiger partial charge is 0.348 e. The minimum Gasteiger partial charge on any atom is -0.497 e. The Morgan fingerprint density at radius 1 is 1.11 bits per heavy atom. The first kappa shape index (κ1) is 24.8. The molecule has 5 rings (SSSR count). The number of pyridine rings is 1. The van der Waals surface area contributed by atoms with Crippen LogP contribution >= 0.6 is 0 Å². The monoisotopic (exact) mass is 501 g/mol. The average Bonchev–Trinajstić information content (AvgIpc) is 3.55. The number of methoxy groups -OCH3 is 1. The molecular formula is C27H32FNO7. The molecule has 2 heterocycles. The van der Waals surface area contributed by atoms with Crippen LogP contribution in [-0.4, -0.2) is 54.2 Å². The van der Waals surface area contributed by atoms with Crippen LogP contribution in [0.25, 0.3) is 11.1 Å². The van der Waals surface area contributed by atoms with E-state index in [9.17, 15) is 9.90 Å². The largest absolute Gasteiger partial charge is 0.497 e. The first-order valence-electron chi connectivity index (χ1n) is 12.6. The summed E-state index contributed by atoms with van der Waals surface area (Å²) in [6, 6.07) is 4.83. The fourth-order valence-electron chi connectivity index (χ4n) is 4.75. The number of rotatable bonds is 10. The Kier molecular flexibility index (Phi) is 7.29. The topological polar surface area (TPSA) is 96.3 Å². The number of hydrogen-bond acceptors (Lipinski definition) is 7. The summed E-state index contributed by atoms with van der Waals surface area (Å²) in [5, 5.41) is 9.89. The van der Waals surface area contributed by atoms with Crippen molar-refractivity contribution in [2.45, 2.75) is 75.8 Å². The number of benzene rings is 1. The van der Waals surface area contributed by atoms with Gasteiger partial charge in [-0.25, -0.2) is 14.2 Å². The van der Waals surface area contributed by atoms with Crippen molar-refractivity contribution in [2.24, 2.45) is 0 Å². The molecule has 1 aromatic heterocycles. The van der Waals surface area contributed by atoms with E-state index in [-0.39, 0.29) is 48.8 Å². The maximum absolute atomic E-state index is 15.7. The van der Waals surface area contributed by atoms with Crippen LogP contribution in [0, 0.1) is 5.82 Å². The van der Waals surface area contributed by atoms with Gasteiger partial charge in [0.25, 0.3) is 0 Å². The number of hydrogen-bond donors (Lipinski definition) is 1. The Labute approximate surface area is 209 Å². The van der Waals surface area contributed by atoms with Crippen LogP contribution in [0.3, 0.4) is 0 Å². The lowest BCUT2D eigenvalue weighted by Gasteiger charge is -2.33. The molecule has 1 aliphatic heterocycles. The molecule has 3 aliphatic rings. The van der Waals surface area contributed by atoms with Crippen molar-refractivity contribution in [1.82, 2.24) is 4.98 Å². The van der Waals surface area contributed by atoms with Gasteiger partial charge in [0.15, 0.2) is 11.6 Å². The second-order valence-electron chi connectivity index (χ2n) is 9.72. The van der Waals surface area contributed by atoms with E-state index in [1.54, 1.807) is 18.2 Å². The zero-order valence-corrected chi connectivity index (χ0v) is 20.5. The van der Waals surface area contributed by atoms with E-state index in [0.717, 1.165) is 38.5 Å². The predicted molar refractivity (Wildman–Crippen MR) is 128 cm³/mol. The number of carboxylic acid groups (broad SMARTS) is 1. The first-order chi connectivity index (χ1) is 17.5. The molecule has 0 unspecified atom stereocenters. The predicted octanol–water partition coefficient (Wildman–Crippen LogP) is 4.91. The Balaban J connectivity index is 1.51. The van der Waals surface area contributed by atoms with Gasteiger partial charge in [-0.3, -0.25) is 0 Å². The van der Waals surface area contributed by atoms with Gasteiger partial charge in [-0.15, -0.1) is 0 Å². The van der Waals surface area contributed by atoms with Crippen LogP contribution in [0.15, 0.2) is 24.4 Å². The van der Waals surface area contributed by atoms with E-state index >= 15 is 4.39 Å². The molecule has 0 spiro atoms. The summed E-state index contributed by atoms with van der Waals surface area (Å²) in [4.78, 5) is 16.5. The van der Waals surface area contributed by atoms with E-state index in [4.69, 9.17) is 23.7 Å². The van der Waals surface area contributed by atoms with E-state index in [1.165, 1.54) is 13.3 Å². The molecule has 1 saturated heterocycles. The third kappa shape index (κ3) is 5.42. The minimum absolute atomic E-state index is 0.0187. The van der Waals surface area contributed by atoms with Crippen LogP contribution in [0.4, 0.5) is 4.39 Å². The Morgan fingerprint density at radius 2 is 1.86 bits per heavy atom. The highest BCUT2D eigenvalue weighted by molar-refractivity contribution is 5.78. The standard InChI is InChI=1S/C27H32FNO7/c1-32-20-13-21(25(28)23(14-20)35-19-6-7-19)22-15-29-24(12-17(22)16-34-18-4-2-3-5-18)36-27(26(30)31)8-10-33-11-9-27/h12-15,18-19H,2-11,16H2,1H3,(H,30,31). The van der Waals surface area contributed by atoms with Crippen LogP contribution < -0.4 is 14.2 Å². The average molecular weight is 502 g/mol. The second-order valence-corrected chi connectivity index (χ2v) is 9.72. The second kappa shape index (κ2) is 10.6. The molecular weight excluding hydrogens is 469 g/mol. The third-order valence-electron chi connectivity index (χ3n) is 7.09. The molecule has 36 heavy (non-hydrogen) atoms.